The van der Waals surface area contributed by atoms with Crippen LogP contribution in [0.15, 0.2) is 48.7 Å². The van der Waals surface area contributed by atoms with E-state index in [9.17, 15) is 4.79 Å². The number of morpholine rings is 1. The zero-order valence-electron chi connectivity index (χ0n) is 16.4. The lowest BCUT2D eigenvalue weighted by Gasteiger charge is -2.29. The van der Waals surface area contributed by atoms with E-state index in [0.29, 0.717) is 31.9 Å². The number of nitrogens with zero attached hydrogens (tertiary/aromatic N) is 2. The van der Waals surface area contributed by atoms with E-state index in [4.69, 9.17) is 4.74 Å². The molecule has 1 saturated heterocycles. The quantitative estimate of drug-likeness (QED) is 0.845. The third-order valence-corrected chi connectivity index (χ3v) is 5.07. The number of ether oxygens (including phenoxy) is 1. The van der Waals surface area contributed by atoms with Gasteiger partial charge in [-0.25, -0.2) is 4.98 Å². The maximum Gasteiger partial charge on any atom is 0.254 e. The number of rotatable bonds is 6. The van der Waals surface area contributed by atoms with Crippen molar-refractivity contribution in [3.05, 3.63) is 59.8 Å². The Morgan fingerprint density at radius 2 is 1.93 bits per heavy atom. The van der Waals surface area contributed by atoms with E-state index < -0.39 is 0 Å². The second kappa shape index (κ2) is 8.53. The van der Waals surface area contributed by atoms with Crippen LogP contribution in [0.25, 0.3) is 0 Å². The van der Waals surface area contributed by atoms with Crippen molar-refractivity contribution in [2.45, 2.75) is 38.6 Å². The maximum atomic E-state index is 12.7. The lowest BCUT2D eigenvalue weighted by atomic mass is 9.79. The number of anilines is 1. The fourth-order valence-electron chi connectivity index (χ4n) is 3.67. The molecule has 1 aliphatic heterocycles. The van der Waals surface area contributed by atoms with Gasteiger partial charge in [0.25, 0.3) is 5.91 Å². The molecular formula is C22H29N3O2. The Balaban J connectivity index is 1.64. The zero-order chi connectivity index (χ0) is 19.3. The Bertz CT molecular complexity index is 755. The normalized spacial score (nSPS) is 16.0. The molecule has 144 valence electrons. The van der Waals surface area contributed by atoms with Gasteiger partial charge < -0.3 is 15.0 Å². The van der Waals surface area contributed by atoms with Gasteiger partial charge in [0.2, 0.25) is 0 Å². The number of carbonyl (C=O) groups is 1. The Labute approximate surface area is 161 Å². The van der Waals surface area contributed by atoms with Gasteiger partial charge in [0.05, 0.1) is 13.2 Å². The molecule has 1 aliphatic rings. The molecule has 1 amide bonds. The topological polar surface area (TPSA) is 54.5 Å². The van der Waals surface area contributed by atoms with Gasteiger partial charge in [0, 0.05) is 30.9 Å². The van der Waals surface area contributed by atoms with Crippen molar-refractivity contribution in [1.82, 2.24) is 9.88 Å². The van der Waals surface area contributed by atoms with Crippen LogP contribution in [-0.4, -0.2) is 48.1 Å². The molecule has 1 atom stereocenters. The molecule has 0 bridgehead atoms. The predicted molar refractivity (Wildman–Crippen MR) is 108 cm³/mol. The number of nitrogens with one attached hydrogen (secondary N) is 1. The van der Waals surface area contributed by atoms with E-state index >= 15 is 0 Å². The highest BCUT2D eigenvalue weighted by Crippen LogP contribution is 2.29. The van der Waals surface area contributed by atoms with Crippen LogP contribution in [-0.2, 0) is 10.2 Å². The first-order chi connectivity index (χ1) is 13.0. The molecule has 5 heteroatoms. The molecule has 1 aromatic carbocycles. The molecular weight excluding hydrogens is 338 g/mol. The van der Waals surface area contributed by atoms with E-state index in [2.05, 4.69) is 55.3 Å². The number of benzene rings is 1. The molecule has 3 rings (SSSR count). The lowest BCUT2D eigenvalue weighted by molar-refractivity contribution is 0.0303. The molecule has 0 saturated carbocycles. The van der Waals surface area contributed by atoms with Crippen LogP contribution >= 0.6 is 0 Å². The summed E-state index contributed by atoms with van der Waals surface area (Å²) in [5, 5.41) is 3.46. The summed E-state index contributed by atoms with van der Waals surface area (Å²) in [6.45, 7) is 9.17. The van der Waals surface area contributed by atoms with Gasteiger partial charge in [0.1, 0.15) is 5.82 Å². The van der Waals surface area contributed by atoms with Crippen molar-refractivity contribution in [1.29, 1.82) is 0 Å². The Hall–Kier alpha value is -2.40. The number of pyridine rings is 1. The molecule has 1 aromatic heterocycles. The van der Waals surface area contributed by atoms with Gasteiger partial charge >= 0.3 is 0 Å². The number of hydrogen-bond acceptors (Lipinski definition) is 4. The maximum absolute atomic E-state index is 12.7. The molecule has 1 N–H and O–H groups in total. The minimum atomic E-state index is 0.0426. The van der Waals surface area contributed by atoms with Crippen LogP contribution in [0, 0.1) is 0 Å². The summed E-state index contributed by atoms with van der Waals surface area (Å²) >= 11 is 0. The number of carbonyl (C=O) groups excluding carboxylic acids is 1. The summed E-state index contributed by atoms with van der Waals surface area (Å²) in [6, 6.07) is 14.4. The van der Waals surface area contributed by atoms with Crippen LogP contribution < -0.4 is 5.32 Å². The molecule has 0 spiro atoms. The monoisotopic (exact) mass is 367 g/mol. The molecule has 1 fully saturated rings. The van der Waals surface area contributed by atoms with Crippen LogP contribution in [0.1, 0.15) is 43.1 Å². The first-order valence-electron chi connectivity index (χ1n) is 9.61. The molecule has 2 aromatic rings. The van der Waals surface area contributed by atoms with Crippen LogP contribution in [0.5, 0.6) is 0 Å². The van der Waals surface area contributed by atoms with Gasteiger partial charge in [-0.2, -0.15) is 0 Å². The Morgan fingerprint density at radius 3 is 2.63 bits per heavy atom. The highest BCUT2D eigenvalue weighted by Gasteiger charge is 2.24. The zero-order valence-corrected chi connectivity index (χ0v) is 16.4. The van der Waals surface area contributed by atoms with Crippen LogP contribution in [0.4, 0.5) is 5.82 Å². The number of aromatic nitrogens is 1. The first kappa shape index (κ1) is 19.4. The fourth-order valence-corrected chi connectivity index (χ4v) is 3.67. The molecule has 5 nitrogen and oxygen atoms in total. The average Bonchev–Trinajstić information content (AvgIpc) is 2.68. The molecule has 27 heavy (non-hydrogen) atoms. The van der Waals surface area contributed by atoms with E-state index in [1.54, 1.807) is 12.3 Å². The minimum absolute atomic E-state index is 0.0426. The summed E-state index contributed by atoms with van der Waals surface area (Å²) in [7, 11) is 0. The number of amides is 1. The molecule has 0 radical (unpaired) electrons. The highest BCUT2D eigenvalue weighted by molar-refractivity contribution is 5.94. The van der Waals surface area contributed by atoms with Gasteiger partial charge in [-0.15, -0.1) is 0 Å². The average molecular weight is 367 g/mol. The third-order valence-electron chi connectivity index (χ3n) is 5.07. The van der Waals surface area contributed by atoms with E-state index in [1.807, 2.05) is 17.0 Å². The van der Waals surface area contributed by atoms with Gasteiger partial charge in [-0.05, 0) is 36.5 Å². The fraction of sp³-hybridized carbons (Fsp3) is 0.455. The minimum Gasteiger partial charge on any atom is -0.378 e. The Kier molecular flexibility index (Phi) is 6.11. The van der Waals surface area contributed by atoms with Crippen molar-refractivity contribution in [3.8, 4) is 0 Å². The standard InChI is InChI=1S/C22H29N3O2/c1-17(16-22(2,3)19-7-5-4-6-8-19)24-20-15-18(9-10-23-20)21(26)25-11-13-27-14-12-25/h4-10,15,17H,11-14,16H2,1-3H3,(H,23,24). The number of hydrogen-bond donors (Lipinski definition) is 1. The molecule has 2 heterocycles. The second-order valence-corrected chi connectivity index (χ2v) is 7.83. The first-order valence-corrected chi connectivity index (χ1v) is 9.61. The van der Waals surface area contributed by atoms with Crippen molar-refractivity contribution in [2.75, 3.05) is 31.6 Å². The summed E-state index contributed by atoms with van der Waals surface area (Å²) < 4.78 is 5.33. The van der Waals surface area contributed by atoms with Gasteiger partial charge in [0.15, 0.2) is 0 Å². The van der Waals surface area contributed by atoms with E-state index in [-0.39, 0.29) is 17.4 Å². The SMILES string of the molecule is CC(CC(C)(C)c1ccccc1)Nc1cc(C(=O)N2CCOCC2)ccn1. The van der Waals surface area contributed by atoms with Gasteiger partial charge in [-0.3, -0.25) is 4.79 Å². The van der Waals surface area contributed by atoms with E-state index in [0.717, 1.165) is 12.2 Å². The largest absolute Gasteiger partial charge is 0.378 e. The second-order valence-electron chi connectivity index (χ2n) is 7.83. The van der Waals surface area contributed by atoms with Crippen LogP contribution in [0.3, 0.4) is 0 Å². The van der Waals surface area contributed by atoms with Crippen molar-refractivity contribution >= 4 is 11.7 Å². The van der Waals surface area contributed by atoms with E-state index in [1.165, 1.54) is 5.56 Å². The summed E-state index contributed by atoms with van der Waals surface area (Å²) in [4.78, 5) is 18.9. The Morgan fingerprint density at radius 1 is 1.22 bits per heavy atom. The highest BCUT2D eigenvalue weighted by atomic mass is 16.5. The van der Waals surface area contributed by atoms with Crippen molar-refractivity contribution < 1.29 is 9.53 Å². The van der Waals surface area contributed by atoms with Crippen molar-refractivity contribution in [3.63, 3.8) is 0 Å². The van der Waals surface area contributed by atoms with Gasteiger partial charge in [-0.1, -0.05) is 44.2 Å². The predicted octanol–water partition coefficient (Wildman–Crippen LogP) is 3.72. The van der Waals surface area contributed by atoms with Crippen LogP contribution in [0.2, 0.25) is 0 Å². The molecule has 1 unspecified atom stereocenters. The smallest absolute Gasteiger partial charge is 0.254 e. The third kappa shape index (κ3) is 5.07. The van der Waals surface area contributed by atoms with Crippen molar-refractivity contribution in [2.24, 2.45) is 0 Å². The summed E-state index contributed by atoms with van der Waals surface area (Å²) in [6.07, 6.45) is 2.66. The molecule has 0 aliphatic carbocycles. The summed E-state index contributed by atoms with van der Waals surface area (Å²) in [5.74, 6) is 0.784. The summed E-state index contributed by atoms with van der Waals surface area (Å²) in [5.41, 5.74) is 2.04. The lowest BCUT2D eigenvalue weighted by Crippen LogP contribution is -2.40.